The molecule has 0 aliphatic heterocycles. The Morgan fingerprint density at radius 3 is 2.38 bits per heavy atom. The minimum atomic E-state index is -4.79. The van der Waals surface area contributed by atoms with Gasteiger partial charge >= 0.3 is 6.18 Å². The van der Waals surface area contributed by atoms with Crippen LogP contribution in [0.3, 0.4) is 0 Å². The zero-order valence-electron chi connectivity index (χ0n) is 17.4. The Balaban J connectivity index is 1.70. The molecule has 0 saturated carbocycles. The van der Waals surface area contributed by atoms with Gasteiger partial charge in [0.15, 0.2) is 10.8 Å². The molecule has 32 heavy (non-hydrogen) atoms. The number of anilines is 1. The third kappa shape index (κ3) is 5.94. The van der Waals surface area contributed by atoms with Gasteiger partial charge in [0.1, 0.15) is 0 Å². The topological polar surface area (TPSA) is 58.9 Å². The minimum absolute atomic E-state index is 0.102. The van der Waals surface area contributed by atoms with E-state index >= 15 is 0 Å². The van der Waals surface area contributed by atoms with E-state index in [1.165, 1.54) is 17.7 Å². The van der Waals surface area contributed by atoms with Crippen molar-refractivity contribution in [2.24, 2.45) is 0 Å². The molecule has 168 valence electrons. The minimum Gasteiger partial charge on any atom is -0.332 e. The molecule has 2 aromatic carbocycles. The summed E-state index contributed by atoms with van der Waals surface area (Å²) in [6.07, 6.45) is 0.488. The Morgan fingerprint density at radius 1 is 1.06 bits per heavy atom. The molecule has 3 rings (SSSR count). The van der Waals surface area contributed by atoms with Crippen LogP contribution >= 0.6 is 12.2 Å². The van der Waals surface area contributed by atoms with Crippen molar-refractivity contribution in [3.8, 4) is 5.69 Å². The lowest BCUT2D eigenvalue weighted by Crippen LogP contribution is -2.35. The number of hydrogen-bond acceptors (Lipinski definition) is 3. The molecule has 1 aromatic heterocycles. The second-order valence-electron chi connectivity index (χ2n) is 7.21. The summed E-state index contributed by atoms with van der Waals surface area (Å²) in [6, 6.07) is 15.3. The van der Waals surface area contributed by atoms with E-state index in [0.29, 0.717) is 10.4 Å². The number of unbranched alkanes of at least 4 members (excludes halogenated alkanes) is 2. The van der Waals surface area contributed by atoms with Crippen LogP contribution in [0.15, 0.2) is 60.8 Å². The van der Waals surface area contributed by atoms with Crippen molar-refractivity contribution in [2.75, 3.05) is 5.32 Å². The molecule has 0 aliphatic rings. The summed E-state index contributed by atoms with van der Waals surface area (Å²) < 4.78 is 41.9. The number of hydrogen-bond donors (Lipinski definition) is 2. The summed E-state index contributed by atoms with van der Waals surface area (Å²) in [6.45, 7) is 2.15. The summed E-state index contributed by atoms with van der Waals surface area (Å²) in [7, 11) is 0. The van der Waals surface area contributed by atoms with E-state index in [1.54, 1.807) is 18.2 Å². The molecule has 3 aromatic rings. The molecule has 1 amide bonds. The van der Waals surface area contributed by atoms with Gasteiger partial charge < -0.3 is 5.32 Å². The van der Waals surface area contributed by atoms with Crippen LogP contribution in [0.1, 0.15) is 47.8 Å². The number of nitrogens with one attached hydrogen (secondary N) is 2. The molecule has 0 atom stereocenters. The molecule has 2 N–H and O–H groups in total. The Kier molecular flexibility index (Phi) is 7.63. The number of aryl methyl sites for hydroxylation is 1. The van der Waals surface area contributed by atoms with Gasteiger partial charge in [0.25, 0.3) is 5.91 Å². The van der Waals surface area contributed by atoms with Crippen LogP contribution in [0.5, 0.6) is 0 Å². The van der Waals surface area contributed by atoms with Crippen LogP contribution in [-0.4, -0.2) is 20.8 Å². The third-order valence-electron chi connectivity index (χ3n) is 4.79. The zero-order chi connectivity index (χ0) is 23.1. The molecule has 9 heteroatoms. The maximum absolute atomic E-state index is 13.7. The predicted molar refractivity (Wildman–Crippen MR) is 122 cm³/mol. The van der Waals surface area contributed by atoms with Gasteiger partial charge in [0.2, 0.25) is 0 Å². The fraction of sp³-hybridized carbons (Fsp3) is 0.261. The van der Waals surface area contributed by atoms with Crippen LogP contribution in [0, 0.1) is 0 Å². The quantitative estimate of drug-likeness (QED) is 0.348. The largest absolute Gasteiger partial charge is 0.434 e. The van der Waals surface area contributed by atoms with E-state index in [9.17, 15) is 18.0 Å². The lowest BCUT2D eigenvalue weighted by atomic mass is 10.1. The Hall–Kier alpha value is -3.20. The Labute approximate surface area is 189 Å². The maximum Gasteiger partial charge on any atom is 0.434 e. The van der Waals surface area contributed by atoms with Gasteiger partial charge in [0.05, 0.1) is 17.4 Å². The number of alkyl halides is 3. The number of benzene rings is 2. The smallest absolute Gasteiger partial charge is 0.332 e. The number of carbonyl (C=O) groups is 1. The van der Waals surface area contributed by atoms with Crippen LogP contribution < -0.4 is 10.6 Å². The van der Waals surface area contributed by atoms with Gasteiger partial charge in [-0.3, -0.25) is 10.1 Å². The highest BCUT2D eigenvalue weighted by molar-refractivity contribution is 7.80. The maximum atomic E-state index is 13.7. The van der Waals surface area contributed by atoms with E-state index in [1.807, 2.05) is 24.3 Å². The van der Waals surface area contributed by atoms with Crippen molar-refractivity contribution in [2.45, 2.75) is 38.8 Å². The molecule has 0 radical (unpaired) electrons. The van der Waals surface area contributed by atoms with Gasteiger partial charge in [-0.1, -0.05) is 50.1 Å². The number of para-hydroxylation sites is 1. The van der Waals surface area contributed by atoms with Crippen LogP contribution in [0.2, 0.25) is 0 Å². The van der Waals surface area contributed by atoms with Crippen LogP contribution in [-0.2, 0) is 12.6 Å². The van der Waals surface area contributed by atoms with E-state index in [4.69, 9.17) is 12.2 Å². The molecule has 0 fully saturated rings. The van der Waals surface area contributed by atoms with Gasteiger partial charge in [-0.05, 0) is 54.9 Å². The highest BCUT2D eigenvalue weighted by atomic mass is 32.1. The highest BCUT2D eigenvalue weighted by Gasteiger charge is 2.40. The first-order chi connectivity index (χ1) is 15.3. The Morgan fingerprint density at radius 2 is 1.75 bits per heavy atom. The average Bonchev–Trinajstić information content (AvgIpc) is 3.22. The van der Waals surface area contributed by atoms with Crippen molar-refractivity contribution < 1.29 is 18.0 Å². The number of rotatable bonds is 7. The zero-order valence-corrected chi connectivity index (χ0v) is 18.3. The first kappa shape index (κ1) is 23.5. The number of carbonyl (C=O) groups excluding carboxylic acids is 1. The van der Waals surface area contributed by atoms with Crippen molar-refractivity contribution in [3.05, 3.63) is 77.6 Å². The van der Waals surface area contributed by atoms with Crippen molar-refractivity contribution >= 4 is 28.9 Å². The number of thiocarbonyl (C=S) groups is 1. The normalized spacial score (nSPS) is 11.2. The van der Waals surface area contributed by atoms with E-state index < -0.39 is 23.3 Å². The predicted octanol–water partition coefficient (Wildman–Crippen LogP) is 5.75. The Bertz CT molecular complexity index is 1060. The molecule has 0 spiro atoms. The summed E-state index contributed by atoms with van der Waals surface area (Å²) in [4.78, 5) is 12.6. The van der Waals surface area contributed by atoms with Gasteiger partial charge in [-0.25, -0.2) is 4.68 Å². The summed E-state index contributed by atoms with van der Waals surface area (Å²) >= 11 is 5.12. The van der Waals surface area contributed by atoms with E-state index in [2.05, 4.69) is 22.7 Å². The number of aromatic nitrogens is 2. The lowest BCUT2D eigenvalue weighted by molar-refractivity contribution is -0.143. The van der Waals surface area contributed by atoms with E-state index in [-0.39, 0.29) is 10.8 Å². The molecule has 0 unspecified atom stereocenters. The average molecular weight is 461 g/mol. The number of amides is 1. The number of nitrogens with zero attached hydrogens (tertiary/aromatic N) is 2. The van der Waals surface area contributed by atoms with E-state index in [0.717, 1.165) is 31.9 Å². The standard InChI is InChI=1S/C23H23F3N4OS/c1-2-3-5-8-16-11-13-17(14-12-16)28-22(32)29-21(31)19-15-27-30(20(19)23(24,25)26)18-9-6-4-7-10-18/h4,6-7,9-15H,2-3,5,8H2,1H3,(H2,28,29,31,32). The van der Waals surface area contributed by atoms with Crippen LogP contribution in [0.25, 0.3) is 5.69 Å². The van der Waals surface area contributed by atoms with Gasteiger partial charge in [-0.15, -0.1) is 0 Å². The van der Waals surface area contributed by atoms with Gasteiger partial charge in [0, 0.05) is 5.69 Å². The summed E-state index contributed by atoms with van der Waals surface area (Å²) in [5, 5.41) is 8.81. The van der Waals surface area contributed by atoms with Gasteiger partial charge in [-0.2, -0.15) is 18.3 Å². The first-order valence-corrected chi connectivity index (χ1v) is 10.6. The molecule has 0 bridgehead atoms. The van der Waals surface area contributed by atoms with Crippen LogP contribution in [0.4, 0.5) is 18.9 Å². The van der Waals surface area contributed by atoms with Crippen molar-refractivity contribution in [1.29, 1.82) is 0 Å². The SMILES string of the molecule is CCCCCc1ccc(NC(=S)NC(=O)c2cnn(-c3ccccc3)c2C(F)(F)F)cc1. The molecule has 5 nitrogen and oxygen atoms in total. The molecular formula is C23H23F3N4OS. The number of halogens is 3. The summed E-state index contributed by atoms with van der Waals surface area (Å²) in [5.74, 6) is -0.992. The molecule has 0 saturated heterocycles. The monoisotopic (exact) mass is 460 g/mol. The second kappa shape index (κ2) is 10.4. The summed E-state index contributed by atoms with van der Waals surface area (Å²) in [5.41, 5.74) is 0.225. The third-order valence-corrected chi connectivity index (χ3v) is 5.00. The fourth-order valence-electron chi connectivity index (χ4n) is 3.22. The highest BCUT2D eigenvalue weighted by Crippen LogP contribution is 2.33. The fourth-order valence-corrected chi connectivity index (χ4v) is 3.43. The van der Waals surface area contributed by atoms with Crippen molar-refractivity contribution in [3.63, 3.8) is 0 Å². The van der Waals surface area contributed by atoms with Crippen molar-refractivity contribution in [1.82, 2.24) is 15.1 Å². The molecule has 1 heterocycles. The molecule has 0 aliphatic carbocycles. The lowest BCUT2D eigenvalue weighted by Gasteiger charge is -2.13. The second-order valence-corrected chi connectivity index (χ2v) is 7.62. The first-order valence-electron chi connectivity index (χ1n) is 10.2. The molecular weight excluding hydrogens is 437 g/mol.